The normalized spacial score (nSPS) is 14.8. The van der Waals surface area contributed by atoms with Gasteiger partial charge in [0.25, 0.3) is 0 Å². The third kappa shape index (κ3) is 25.2. The van der Waals surface area contributed by atoms with E-state index in [0.717, 1.165) is 32.1 Å². The van der Waals surface area contributed by atoms with E-state index >= 15 is 0 Å². The SMILES string of the molecule is CC(C)=CCC/C(C)=C\CC/C(C)=C/C=C/C(C)=C/C=C/C=C(C)\C=C\C=C(C)\C=C\C=C(/C)CCC=C(C)C. The maximum absolute atomic E-state index is 2.39. The Kier molecular flexibility index (Phi) is 21.9. The van der Waals surface area contributed by atoms with Crippen molar-refractivity contribution >= 4 is 0 Å². The molecule has 0 amide bonds. The molecule has 0 aliphatic carbocycles. The highest BCUT2D eigenvalue weighted by atomic mass is 14.0. The molecule has 0 aliphatic rings. The Labute approximate surface area is 249 Å². The molecule has 0 spiro atoms. The van der Waals surface area contributed by atoms with Gasteiger partial charge in [0.15, 0.2) is 0 Å². The summed E-state index contributed by atoms with van der Waals surface area (Å²) < 4.78 is 0. The zero-order valence-corrected chi connectivity index (χ0v) is 27.5. The Morgan fingerprint density at radius 2 is 0.675 bits per heavy atom. The Bertz CT molecular complexity index is 1100. The molecule has 0 bridgehead atoms. The summed E-state index contributed by atoms with van der Waals surface area (Å²) in [6, 6.07) is 0. The fourth-order valence-corrected chi connectivity index (χ4v) is 3.65. The van der Waals surface area contributed by atoms with E-state index in [4.69, 9.17) is 0 Å². The molecule has 0 aliphatic heterocycles. The van der Waals surface area contributed by atoms with Crippen LogP contribution in [0.3, 0.4) is 0 Å². The molecule has 0 rings (SSSR count). The molecule has 0 heteroatoms. The van der Waals surface area contributed by atoms with Crippen LogP contribution in [0.2, 0.25) is 0 Å². The lowest BCUT2D eigenvalue weighted by Gasteiger charge is -2.00. The molecule has 0 heterocycles. The predicted molar refractivity (Wildman–Crippen MR) is 186 cm³/mol. The van der Waals surface area contributed by atoms with Gasteiger partial charge in [0.05, 0.1) is 0 Å². The molecular formula is C40H58. The van der Waals surface area contributed by atoms with Crippen LogP contribution in [0.5, 0.6) is 0 Å². The molecule has 0 aromatic carbocycles. The zero-order valence-electron chi connectivity index (χ0n) is 27.5. The van der Waals surface area contributed by atoms with Gasteiger partial charge in [-0.05, 0) is 108 Å². The van der Waals surface area contributed by atoms with Crippen LogP contribution in [-0.2, 0) is 0 Å². The molecule has 0 aromatic rings. The Morgan fingerprint density at radius 3 is 1.07 bits per heavy atom. The molecule has 0 atom stereocenters. The molecule has 218 valence electrons. The first kappa shape index (κ1) is 36.9. The van der Waals surface area contributed by atoms with E-state index in [1.54, 1.807) is 0 Å². The molecule has 0 saturated carbocycles. The number of rotatable bonds is 17. The highest BCUT2D eigenvalue weighted by Crippen LogP contribution is 2.12. The minimum absolute atomic E-state index is 1.11. The van der Waals surface area contributed by atoms with E-state index in [0.29, 0.717) is 0 Å². The number of hydrogen-bond acceptors (Lipinski definition) is 0. The molecule has 0 fully saturated rings. The van der Waals surface area contributed by atoms with Gasteiger partial charge in [0.2, 0.25) is 0 Å². The first-order valence-electron chi connectivity index (χ1n) is 15.0. The topological polar surface area (TPSA) is 0 Å². The molecule has 0 saturated heterocycles. The molecular weight excluding hydrogens is 480 g/mol. The van der Waals surface area contributed by atoms with Gasteiger partial charge >= 0.3 is 0 Å². The van der Waals surface area contributed by atoms with Crippen LogP contribution >= 0.6 is 0 Å². The lowest BCUT2D eigenvalue weighted by Crippen LogP contribution is -1.80. The molecule has 0 aromatic heterocycles. The Morgan fingerprint density at radius 1 is 0.350 bits per heavy atom. The van der Waals surface area contributed by atoms with Crippen LogP contribution in [0.15, 0.2) is 142 Å². The van der Waals surface area contributed by atoms with Crippen molar-refractivity contribution in [3.05, 3.63) is 142 Å². The van der Waals surface area contributed by atoms with Gasteiger partial charge in [0.1, 0.15) is 0 Å². The standard InChI is InChI=1S/C40H58/c1-33(2)19-13-23-37(7)27-17-31-39(9)29-15-25-35(5)21-11-12-22-36(6)26-16-30-40(10)32-18-28-38(8)24-14-20-34(3)4/h11-12,15-17,19-22,25-31H,13-14,18,23-24,32H2,1-10H3/b12-11+,25-15+,26-16+,31-17+,35-21-,36-22+,37-27+,38-28-,39-29+,40-30+. The van der Waals surface area contributed by atoms with Crippen molar-refractivity contribution in [1.29, 1.82) is 0 Å². The number of hydrogen-bond donors (Lipinski definition) is 0. The summed E-state index contributed by atoms with van der Waals surface area (Å²) in [6.45, 7) is 21.7. The van der Waals surface area contributed by atoms with Gasteiger partial charge in [-0.3, -0.25) is 0 Å². The summed E-state index contributed by atoms with van der Waals surface area (Å²) in [7, 11) is 0. The van der Waals surface area contributed by atoms with Crippen LogP contribution in [-0.4, -0.2) is 0 Å². The van der Waals surface area contributed by atoms with Gasteiger partial charge in [0, 0.05) is 0 Å². The highest BCUT2D eigenvalue weighted by Gasteiger charge is 1.91. The largest absolute Gasteiger partial charge is 0.0856 e. The summed E-state index contributed by atoms with van der Waals surface area (Å²) in [6.07, 6.45) is 41.8. The first-order chi connectivity index (χ1) is 19.0. The minimum atomic E-state index is 1.11. The quantitative estimate of drug-likeness (QED) is 0.128. The van der Waals surface area contributed by atoms with E-state index in [1.807, 2.05) is 0 Å². The zero-order chi connectivity index (χ0) is 30.2. The minimum Gasteiger partial charge on any atom is -0.0856 e. The second-order valence-electron chi connectivity index (χ2n) is 11.4. The first-order valence-corrected chi connectivity index (χ1v) is 15.0. The Balaban J connectivity index is 4.60. The Hall–Kier alpha value is -3.12. The van der Waals surface area contributed by atoms with Gasteiger partial charge < -0.3 is 0 Å². The summed E-state index contributed by atoms with van der Waals surface area (Å²) >= 11 is 0. The molecule has 0 nitrogen and oxygen atoms in total. The number of allylic oxidation sites excluding steroid dienone is 24. The van der Waals surface area contributed by atoms with E-state index in [2.05, 4.69) is 166 Å². The molecule has 0 radical (unpaired) electrons. The van der Waals surface area contributed by atoms with E-state index < -0.39 is 0 Å². The third-order valence-corrected chi connectivity index (χ3v) is 6.24. The molecule has 0 N–H and O–H groups in total. The lowest BCUT2D eigenvalue weighted by molar-refractivity contribution is 0.918. The molecule has 40 heavy (non-hydrogen) atoms. The lowest BCUT2D eigenvalue weighted by atomic mass is 10.1. The van der Waals surface area contributed by atoms with Crippen LogP contribution in [0.25, 0.3) is 0 Å². The summed E-state index contributed by atoms with van der Waals surface area (Å²) in [5, 5.41) is 0. The van der Waals surface area contributed by atoms with Crippen molar-refractivity contribution in [3.63, 3.8) is 0 Å². The van der Waals surface area contributed by atoms with Gasteiger partial charge in [-0.1, -0.05) is 142 Å². The van der Waals surface area contributed by atoms with Crippen molar-refractivity contribution in [2.75, 3.05) is 0 Å². The maximum Gasteiger partial charge on any atom is -0.0285 e. The highest BCUT2D eigenvalue weighted by molar-refractivity contribution is 5.31. The van der Waals surface area contributed by atoms with E-state index in [9.17, 15) is 0 Å². The second-order valence-corrected chi connectivity index (χ2v) is 11.4. The van der Waals surface area contributed by atoms with Gasteiger partial charge in [-0.2, -0.15) is 0 Å². The van der Waals surface area contributed by atoms with Crippen molar-refractivity contribution in [2.24, 2.45) is 0 Å². The van der Waals surface area contributed by atoms with Gasteiger partial charge in [-0.25, -0.2) is 0 Å². The van der Waals surface area contributed by atoms with Crippen molar-refractivity contribution in [2.45, 2.75) is 108 Å². The predicted octanol–water partition coefficient (Wildman–Crippen LogP) is 13.2. The average molecular weight is 539 g/mol. The van der Waals surface area contributed by atoms with Crippen LogP contribution in [0.1, 0.15) is 108 Å². The summed E-state index contributed by atoms with van der Waals surface area (Å²) in [5.41, 5.74) is 10.8. The van der Waals surface area contributed by atoms with Crippen molar-refractivity contribution in [1.82, 2.24) is 0 Å². The van der Waals surface area contributed by atoms with Crippen molar-refractivity contribution in [3.8, 4) is 0 Å². The van der Waals surface area contributed by atoms with E-state index in [1.165, 1.54) is 51.0 Å². The second kappa shape index (κ2) is 23.7. The smallest absolute Gasteiger partial charge is 0.0285 e. The average Bonchev–Trinajstić information content (AvgIpc) is 2.86. The fourth-order valence-electron chi connectivity index (χ4n) is 3.65. The van der Waals surface area contributed by atoms with Crippen LogP contribution in [0.4, 0.5) is 0 Å². The summed E-state index contributed by atoms with van der Waals surface area (Å²) in [4.78, 5) is 0. The van der Waals surface area contributed by atoms with Gasteiger partial charge in [-0.15, -0.1) is 0 Å². The third-order valence-electron chi connectivity index (χ3n) is 6.24. The maximum atomic E-state index is 2.39. The van der Waals surface area contributed by atoms with Crippen LogP contribution in [0, 0.1) is 0 Å². The molecule has 0 unspecified atom stereocenters. The summed E-state index contributed by atoms with van der Waals surface area (Å²) in [5.74, 6) is 0. The van der Waals surface area contributed by atoms with Crippen molar-refractivity contribution < 1.29 is 0 Å². The monoisotopic (exact) mass is 538 g/mol. The fraction of sp³-hybridized carbons (Fsp3) is 0.400. The van der Waals surface area contributed by atoms with Crippen LogP contribution < -0.4 is 0 Å². The van der Waals surface area contributed by atoms with E-state index in [-0.39, 0.29) is 0 Å².